The number of anilines is 1. The van der Waals surface area contributed by atoms with Gasteiger partial charge in [-0.2, -0.15) is 0 Å². The molecule has 3 aromatic rings. The Hall–Kier alpha value is -2.08. The van der Waals surface area contributed by atoms with Gasteiger partial charge in [0.2, 0.25) is 5.95 Å². The van der Waals surface area contributed by atoms with E-state index in [0.29, 0.717) is 19.1 Å². The number of nitrogens with zero attached hydrogens (tertiary/aromatic N) is 3. The summed E-state index contributed by atoms with van der Waals surface area (Å²) in [7, 11) is 0. The van der Waals surface area contributed by atoms with Gasteiger partial charge in [-0.3, -0.25) is 0 Å². The Kier molecular flexibility index (Phi) is 3.08. The Morgan fingerprint density at radius 3 is 3.05 bits per heavy atom. The van der Waals surface area contributed by atoms with Gasteiger partial charge >= 0.3 is 0 Å². The largest absolute Gasteiger partial charge is 0.492 e. The van der Waals surface area contributed by atoms with Crippen LogP contribution in [0.3, 0.4) is 0 Å². The van der Waals surface area contributed by atoms with Crippen molar-refractivity contribution in [1.82, 2.24) is 14.5 Å². The highest BCUT2D eigenvalue weighted by Gasteiger charge is 2.12. The standard InChI is InChI=1S/C13H14N4OS/c1-2-18-11-5-3-4-10-12(11)16-13(14)17(10)6-9-7-19-8-15-9/h3-5,7-8H,2,6H2,1H3,(H2,14,16). The lowest BCUT2D eigenvalue weighted by molar-refractivity contribution is 0.343. The molecular formula is C13H14N4OS. The van der Waals surface area contributed by atoms with Gasteiger partial charge in [0.25, 0.3) is 0 Å². The first-order valence-electron chi connectivity index (χ1n) is 6.04. The number of rotatable bonds is 4. The van der Waals surface area contributed by atoms with Crippen LogP contribution in [0.25, 0.3) is 11.0 Å². The zero-order valence-electron chi connectivity index (χ0n) is 10.5. The maximum Gasteiger partial charge on any atom is 0.201 e. The molecule has 1 aromatic carbocycles. The van der Waals surface area contributed by atoms with Crippen molar-refractivity contribution in [2.45, 2.75) is 13.5 Å². The molecule has 2 aromatic heterocycles. The van der Waals surface area contributed by atoms with Crippen molar-refractivity contribution in [3.8, 4) is 5.75 Å². The number of nitrogens with two attached hydrogens (primary N) is 1. The van der Waals surface area contributed by atoms with Crippen LogP contribution in [0.4, 0.5) is 5.95 Å². The van der Waals surface area contributed by atoms with E-state index in [4.69, 9.17) is 10.5 Å². The molecular weight excluding hydrogens is 260 g/mol. The molecule has 5 nitrogen and oxygen atoms in total. The summed E-state index contributed by atoms with van der Waals surface area (Å²) >= 11 is 1.57. The van der Waals surface area contributed by atoms with Crippen LogP contribution in [0.2, 0.25) is 0 Å². The molecule has 3 rings (SSSR count). The number of nitrogen functional groups attached to an aromatic ring is 1. The van der Waals surface area contributed by atoms with Crippen molar-refractivity contribution in [2.75, 3.05) is 12.3 Å². The third-order valence-electron chi connectivity index (χ3n) is 2.87. The van der Waals surface area contributed by atoms with E-state index in [1.54, 1.807) is 11.3 Å². The van der Waals surface area contributed by atoms with Gasteiger partial charge in [-0.25, -0.2) is 9.97 Å². The second-order valence-corrected chi connectivity index (χ2v) is 4.81. The van der Waals surface area contributed by atoms with Gasteiger partial charge < -0.3 is 15.0 Å². The predicted molar refractivity (Wildman–Crippen MR) is 76.5 cm³/mol. The molecule has 2 N–H and O–H groups in total. The van der Waals surface area contributed by atoms with E-state index in [9.17, 15) is 0 Å². The minimum absolute atomic E-state index is 0.482. The summed E-state index contributed by atoms with van der Waals surface area (Å²) in [5, 5.41) is 2.01. The van der Waals surface area contributed by atoms with Gasteiger partial charge in [-0.15, -0.1) is 11.3 Å². The fourth-order valence-corrected chi connectivity index (χ4v) is 2.60. The fraction of sp³-hybridized carbons (Fsp3) is 0.231. The van der Waals surface area contributed by atoms with Crippen molar-refractivity contribution in [3.05, 3.63) is 34.8 Å². The Balaban J connectivity index is 2.09. The van der Waals surface area contributed by atoms with Gasteiger partial charge in [-0.05, 0) is 19.1 Å². The Morgan fingerprint density at radius 2 is 2.32 bits per heavy atom. The lowest BCUT2D eigenvalue weighted by Gasteiger charge is -2.05. The van der Waals surface area contributed by atoms with Crippen LogP contribution in [0.15, 0.2) is 29.1 Å². The maximum atomic E-state index is 6.01. The summed E-state index contributed by atoms with van der Waals surface area (Å²) < 4.78 is 7.53. The van der Waals surface area contributed by atoms with E-state index in [2.05, 4.69) is 9.97 Å². The number of fused-ring (bicyclic) bond motifs is 1. The quantitative estimate of drug-likeness (QED) is 0.794. The van der Waals surface area contributed by atoms with E-state index < -0.39 is 0 Å². The molecule has 19 heavy (non-hydrogen) atoms. The first-order valence-corrected chi connectivity index (χ1v) is 6.98. The lowest BCUT2D eigenvalue weighted by atomic mass is 10.3. The molecule has 0 spiro atoms. The molecule has 0 bridgehead atoms. The monoisotopic (exact) mass is 274 g/mol. The second kappa shape index (κ2) is 4.89. The van der Waals surface area contributed by atoms with Crippen LogP contribution in [0.1, 0.15) is 12.6 Å². The van der Waals surface area contributed by atoms with E-state index in [0.717, 1.165) is 22.5 Å². The summed E-state index contributed by atoms with van der Waals surface area (Å²) in [4.78, 5) is 8.68. The molecule has 0 radical (unpaired) electrons. The molecule has 0 amide bonds. The molecule has 6 heteroatoms. The minimum Gasteiger partial charge on any atom is -0.492 e. The molecule has 2 heterocycles. The molecule has 0 aliphatic heterocycles. The predicted octanol–water partition coefficient (Wildman–Crippen LogP) is 2.52. The second-order valence-electron chi connectivity index (χ2n) is 4.09. The van der Waals surface area contributed by atoms with Crippen LogP contribution < -0.4 is 10.5 Å². The van der Waals surface area contributed by atoms with Gasteiger partial charge in [0.1, 0.15) is 11.3 Å². The van der Waals surface area contributed by atoms with Crippen molar-refractivity contribution in [3.63, 3.8) is 0 Å². The minimum atomic E-state index is 0.482. The number of ether oxygens (including phenoxy) is 1. The third-order valence-corrected chi connectivity index (χ3v) is 3.51. The summed E-state index contributed by atoms with van der Waals surface area (Å²) in [5.41, 5.74) is 10.6. The summed E-state index contributed by atoms with van der Waals surface area (Å²) in [6.45, 7) is 3.19. The number of hydrogen-bond acceptors (Lipinski definition) is 5. The Morgan fingerprint density at radius 1 is 1.42 bits per heavy atom. The van der Waals surface area contributed by atoms with E-state index in [1.165, 1.54) is 0 Å². The third kappa shape index (κ3) is 2.15. The number of thiazole rings is 1. The van der Waals surface area contributed by atoms with Crippen molar-refractivity contribution < 1.29 is 4.74 Å². The molecule has 0 aliphatic rings. The SMILES string of the molecule is CCOc1cccc2c1nc(N)n2Cc1cscn1. The molecule has 0 fully saturated rings. The fourth-order valence-electron chi connectivity index (χ4n) is 2.06. The first-order chi connectivity index (χ1) is 9.29. The van der Waals surface area contributed by atoms with Crippen molar-refractivity contribution in [2.24, 2.45) is 0 Å². The first kappa shape index (κ1) is 12.0. The van der Waals surface area contributed by atoms with Crippen LogP contribution in [0.5, 0.6) is 5.75 Å². The number of benzene rings is 1. The zero-order chi connectivity index (χ0) is 13.2. The van der Waals surface area contributed by atoms with Gasteiger partial charge in [0.05, 0.1) is 29.9 Å². The van der Waals surface area contributed by atoms with E-state index in [1.807, 2.05) is 40.6 Å². The highest BCUT2D eigenvalue weighted by atomic mass is 32.1. The Labute approximate surface area is 114 Å². The lowest BCUT2D eigenvalue weighted by Crippen LogP contribution is -2.04. The van der Waals surface area contributed by atoms with Gasteiger partial charge in [0, 0.05) is 5.38 Å². The average molecular weight is 274 g/mol. The maximum absolute atomic E-state index is 6.01. The average Bonchev–Trinajstić information content (AvgIpc) is 3.01. The van der Waals surface area contributed by atoms with E-state index in [-0.39, 0.29) is 0 Å². The Bertz CT molecular complexity index is 690. The highest BCUT2D eigenvalue weighted by Crippen LogP contribution is 2.27. The number of para-hydroxylation sites is 1. The molecule has 0 unspecified atom stereocenters. The zero-order valence-corrected chi connectivity index (χ0v) is 11.4. The number of imidazole rings is 1. The van der Waals surface area contributed by atoms with Gasteiger partial charge in [0.15, 0.2) is 0 Å². The summed E-state index contributed by atoms with van der Waals surface area (Å²) in [6.07, 6.45) is 0. The molecule has 0 atom stereocenters. The molecule has 0 aliphatic carbocycles. The van der Waals surface area contributed by atoms with Gasteiger partial charge in [-0.1, -0.05) is 6.07 Å². The van der Waals surface area contributed by atoms with Crippen molar-refractivity contribution in [1.29, 1.82) is 0 Å². The summed E-state index contributed by atoms with van der Waals surface area (Å²) in [5.74, 6) is 1.25. The van der Waals surface area contributed by atoms with Crippen molar-refractivity contribution >= 4 is 28.3 Å². The smallest absolute Gasteiger partial charge is 0.201 e. The molecule has 0 saturated heterocycles. The van der Waals surface area contributed by atoms with E-state index >= 15 is 0 Å². The highest BCUT2D eigenvalue weighted by molar-refractivity contribution is 7.07. The number of hydrogen-bond donors (Lipinski definition) is 1. The molecule has 0 saturated carbocycles. The summed E-state index contributed by atoms with van der Waals surface area (Å²) in [6, 6.07) is 5.85. The van der Waals surface area contributed by atoms with Crippen LogP contribution >= 0.6 is 11.3 Å². The van der Waals surface area contributed by atoms with Crippen LogP contribution in [0, 0.1) is 0 Å². The number of aromatic nitrogens is 3. The van der Waals surface area contributed by atoms with Crippen LogP contribution in [-0.2, 0) is 6.54 Å². The normalized spacial score (nSPS) is 11.0. The van der Waals surface area contributed by atoms with Crippen LogP contribution in [-0.4, -0.2) is 21.1 Å². The molecule has 98 valence electrons. The topological polar surface area (TPSA) is 66.0 Å².